The molecule has 0 bridgehead atoms. The van der Waals surface area contributed by atoms with E-state index in [1.807, 2.05) is 50.4 Å². The van der Waals surface area contributed by atoms with Gasteiger partial charge in [-0.25, -0.2) is 9.78 Å². The second-order valence-electron chi connectivity index (χ2n) is 5.17. The Hall–Kier alpha value is -2.20. The highest BCUT2D eigenvalue weighted by Crippen LogP contribution is 2.34. The van der Waals surface area contributed by atoms with Gasteiger partial charge < -0.3 is 5.11 Å². The molecule has 1 aromatic carbocycles. The minimum atomic E-state index is -0.897. The molecule has 3 nitrogen and oxygen atoms in total. The SMILES string of the molecule is Cc1c(-c2cccs2)nc2c(C)ccc(C)c2c1C(=O)O. The van der Waals surface area contributed by atoms with Gasteiger partial charge in [-0.3, -0.25) is 0 Å². The molecule has 0 saturated carbocycles. The fraction of sp³-hybridized carbons (Fsp3) is 0.176. The molecule has 0 aliphatic heterocycles. The molecule has 0 aliphatic carbocycles. The fourth-order valence-corrected chi connectivity index (χ4v) is 3.45. The van der Waals surface area contributed by atoms with Crippen molar-refractivity contribution >= 4 is 28.2 Å². The fourth-order valence-electron chi connectivity index (χ4n) is 2.68. The minimum Gasteiger partial charge on any atom is -0.478 e. The molecule has 0 fully saturated rings. The molecule has 21 heavy (non-hydrogen) atoms. The molecule has 2 aromatic heterocycles. The number of carbonyl (C=O) groups is 1. The molecule has 4 heteroatoms. The standard InChI is InChI=1S/C17H15NO2S/c1-9-6-7-10(2)15-13(9)14(17(19)20)11(3)16(18-15)12-5-4-8-21-12/h4-8H,1-3H3,(H,19,20). The second-order valence-corrected chi connectivity index (χ2v) is 6.11. The first kappa shape index (κ1) is 13.8. The number of carboxylic acid groups (broad SMARTS) is 1. The number of aryl methyl sites for hydroxylation is 2. The predicted octanol–water partition coefficient (Wildman–Crippen LogP) is 4.59. The summed E-state index contributed by atoms with van der Waals surface area (Å²) >= 11 is 1.57. The molecule has 3 aromatic rings. The summed E-state index contributed by atoms with van der Waals surface area (Å²) in [5, 5.41) is 12.4. The number of nitrogens with zero attached hydrogens (tertiary/aromatic N) is 1. The highest BCUT2D eigenvalue weighted by Gasteiger charge is 2.20. The molecule has 0 spiro atoms. The number of hydrogen-bond donors (Lipinski definition) is 1. The van der Waals surface area contributed by atoms with Crippen molar-refractivity contribution in [3.8, 4) is 10.6 Å². The van der Waals surface area contributed by atoms with Crippen LogP contribution in [0, 0.1) is 20.8 Å². The summed E-state index contributed by atoms with van der Waals surface area (Å²) in [5.41, 5.74) is 4.58. The van der Waals surface area contributed by atoms with Crippen LogP contribution >= 0.6 is 11.3 Å². The topological polar surface area (TPSA) is 50.2 Å². The molecule has 106 valence electrons. The molecule has 0 amide bonds. The average Bonchev–Trinajstić information content (AvgIpc) is 2.96. The van der Waals surface area contributed by atoms with Gasteiger partial charge in [0, 0.05) is 5.39 Å². The maximum absolute atomic E-state index is 11.8. The number of aromatic carboxylic acids is 1. The van der Waals surface area contributed by atoms with Crippen LogP contribution in [0.1, 0.15) is 27.0 Å². The number of hydrogen-bond acceptors (Lipinski definition) is 3. The third-order valence-corrected chi connectivity index (χ3v) is 4.64. The zero-order chi connectivity index (χ0) is 15.1. The Morgan fingerprint density at radius 1 is 1.14 bits per heavy atom. The van der Waals surface area contributed by atoms with Crippen molar-refractivity contribution in [1.29, 1.82) is 0 Å². The summed E-state index contributed by atoms with van der Waals surface area (Å²) in [4.78, 5) is 17.6. The Morgan fingerprint density at radius 2 is 1.86 bits per heavy atom. The molecule has 0 saturated heterocycles. The first-order chi connectivity index (χ1) is 10.0. The van der Waals surface area contributed by atoms with E-state index >= 15 is 0 Å². The van der Waals surface area contributed by atoms with Crippen molar-refractivity contribution in [3.05, 3.63) is 51.9 Å². The Kier molecular flexibility index (Phi) is 3.26. The number of pyridine rings is 1. The van der Waals surface area contributed by atoms with E-state index < -0.39 is 5.97 Å². The Bertz CT molecular complexity index is 851. The van der Waals surface area contributed by atoms with Crippen molar-refractivity contribution in [2.24, 2.45) is 0 Å². The maximum Gasteiger partial charge on any atom is 0.336 e. The monoisotopic (exact) mass is 297 g/mol. The number of carboxylic acids is 1. The molecular formula is C17H15NO2S. The van der Waals surface area contributed by atoms with Crippen LogP contribution in [0.15, 0.2) is 29.6 Å². The molecule has 0 unspecified atom stereocenters. The Morgan fingerprint density at radius 3 is 2.48 bits per heavy atom. The molecule has 0 aliphatic rings. The number of aromatic nitrogens is 1. The van der Waals surface area contributed by atoms with Crippen molar-refractivity contribution in [1.82, 2.24) is 4.98 Å². The van der Waals surface area contributed by atoms with Gasteiger partial charge in [0.2, 0.25) is 0 Å². The first-order valence-corrected chi connectivity index (χ1v) is 7.56. The van der Waals surface area contributed by atoms with E-state index in [0.717, 1.165) is 38.2 Å². The summed E-state index contributed by atoms with van der Waals surface area (Å²) in [6, 6.07) is 7.87. The lowest BCUT2D eigenvalue weighted by Gasteiger charge is -2.14. The normalized spacial score (nSPS) is 11.0. The van der Waals surface area contributed by atoms with Crippen LogP contribution in [0.5, 0.6) is 0 Å². The number of rotatable bonds is 2. The summed E-state index contributed by atoms with van der Waals surface area (Å²) < 4.78 is 0. The lowest BCUT2D eigenvalue weighted by Crippen LogP contribution is -2.06. The van der Waals surface area contributed by atoms with Gasteiger partial charge in [0.1, 0.15) is 0 Å². The van der Waals surface area contributed by atoms with Crippen LogP contribution in [-0.4, -0.2) is 16.1 Å². The van der Waals surface area contributed by atoms with E-state index in [1.165, 1.54) is 0 Å². The lowest BCUT2D eigenvalue weighted by molar-refractivity contribution is 0.0698. The Labute approximate surface area is 126 Å². The van der Waals surface area contributed by atoms with E-state index in [4.69, 9.17) is 4.98 Å². The van der Waals surface area contributed by atoms with Gasteiger partial charge in [-0.2, -0.15) is 0 Å². The van der Waals surface area contributed by atoms with Crippen molar-refractivity contribution in [2.75, 3.05) is 0 Å². The number of thiophene rings is 1. The average molecular weight is 297 g/mol. The lowest BCUT2D eigenvalue weighted by atomic mass is 9.95. The third kappa shape index (κ3) is 2.12. The highest BCUT2D eigenvalue weighted by atomic mass is 32.1. The quantitative estimate of drug-likeness (QED) is 0.752. The molecule has 3 rings (SSSR count). The zero-order valence-corrected chi connectivity index (χ0v) is 12.9. The molecule has 0 atom stereocenters. The van der Waals surface area contributed by atoms with Gasteiger partial charge in [0.15, 0.2) is 0 Å². The molecule has 1 N–H and O–H groups in total. The van der Waals surface area contributed by atoms with Gasteiger partial charge in [0.25, 0.3) is 0 Å². The van der Waals surface area contributed by atoms with Gasteiger partial charge in [0.05, 0.1) is 21.7 Å². The van der Waals surface area contributed by atoms with Gasteiger partial charge in [-0.15, -0.1) is 11.3 Å². The smallest absolute Gasteiger partial charge is 0.336 e. The van der Waals surface area contributed by atoms with Crippen LogP contribution in [0.25, 0.3) is 21.5 Å². The first-order valence-electron chi connectivity index (χ1n) is 6.68. The van der Waals surface area contributed by atoms with Crippen LogP contribution in [0.2, 0.25) is 0 Å². The van der Waals surface area contributed by atoms with Crippen LogP contribution in [-0.2, 0) is 0 Å². The van der Waals surface area contributed by atoms with Crippen LogP contribution in [0.4, 0.5) is 0 Å². The van der Waals surface area contributed by atoms with Gasteiger partial charge >= 0.3 is 5.97 Å². The van der Waals surface area contributed by atoms with E-state index in [0.29, 0.717) is 5.56 Å². The summed E-state index contributed by atoms with van der Waals surface area (Å²) in [6.07, 6.45) is 0. The van der Waals surface area contributed by atoms with Gasteiger partial charge in [-0.1, -0.05) is 18.2 Å². The summed E-state index contributed by atoms with van der Waals surface area (Å²) in [5.74, 6) is -0.897. The zero-order valence-electron chi connectivity index (χ0n) is 12.1. The maximum atomic E-state index is 11.8. The second kappa shape index (κ2) is 4.97. The molecule has 2 heterocycles. The largest absolute Gasteiger partial charge is 0.478 e. The summed E-state index contributed by atoms with van der Waals surface area (Å²) in [6.45, 7) is 5.74. The number of fused-ring (bicyclic) bond motifs is 1. The van der Waals surface area contributed by atoms with E-state index in [-0.39, 0.29) is 0 Å². The third-order valence-electron chi connectivity index (χ3n) is 3.76. The molecule has 0 radical (unpaired) electrons. The van der Waals surface area contributed by atoms with Crippen molar-refractivity contribution in [2.45, 2.75) is 20.8 Å². The van der Waals surface area contributed by atoms with E-state index in [9.17, 15) is 9.90 Å². The van der Waals surface area contributed by atoms with E-state index in [2.05, 4.69) is 0 Å². The number of benzene rings is 1. The highest BCUT2D eigenvalue weighted by molar-refractivity contribution is 7.13. The van der Waals surface area contributed by atoms with E-state index in [1.54, 1.807) is 11.3 Å². The molecular weight excluding hydrogens is 282 g/mol. The van der Waals surface area contributed by atoms with Crippen molar-refractivity contribution in [3.63, 3.8) is 0 Å². The van der Waals surface area contributed by atoms with Crippen LogP contribution < -0.4 is 0 Å². The predicted molar refractivity (Wildman–Crippen MR) is 86.2 cm³/mol. The van der Waals surface area contributed by atoms with Gasteiger partial charge in [-0.05, 0) is 48.9 Å². The summed E-state index contributed by atoms with van der Waals surface area (Å²) in [7, 11) is 0. The van der Waals surface area contributed by atoms with Crippen molar-refractivity contribution < 1.29 is 9.90 Å². The van der Waals surface area contributed by atoms with Crippen LogP contribution in [0.3, 0.4) is 0 Å². The Balaban J connectivity index is 2.52. The minimum absolute atomic E-state index is 0.365.